The molecule has 11 nitrogen and oxygen atoms in total. The number of ether oxygens (including phenoxy) is 2. The van der Waals surface area contributed by atoms with E-state index in [0.717, 1.165) is 10.6 Å². The van der Waals surface area contributed by atoms with Gasteiger partial charge in [0.25, 0.3) is 5.91 Å². The summed E-state index contributed by atoms with van der Waals surface area (Å²) in [6.45, 7) is 3.32. The molecule has 204 valence electrons. The molecule has 0 saturated carbocycles. The fraction of sp³-hybridized carbons (Fsp3) is 0.458. The number of likely N-dealkylation sites (N-methyl/N-ethyl adjacent to an activating group) is 1. The van der Waals surface area contributed by atoms with Crippen molar-refractivity contribution < 1.29 is 36.2 Å². The van der Waals surface area contributed by atoms with Gasteiger partial charge in [-0.15, -0.1) is 0 Å². The van der Waals surface area contributed by atoms with Gasteiger partial charge in [0.15, 0.2) is 5.75 Å². The summed E-state index contributed by atoms with van der Waals surface area (Å²) in [7, 11) is -4.71. The third-order valence-corrected chi connectivity index (χ3v) is 8.62. The Balaban J connectivity index is 2.03. The van der Waals surface area contributed by atoms with Crippen molar-refractivity contribution in [2.45, 2.75) is 30.9 Å². The Morgan fingerprint density at radius 1 is 1.19 bits per heavy atom. The lowest BCUT2D eigenvalue weighted by molar-refractivity contribution is 0.0389. The molecule has 1 aliphatic rings. The molecule has 0 radical (unpaired) electrons. The van der Waals surface area contributed by atoms with E-state index in [-0.39, 0.29) is 47.5 Å². The number of nitrogens with zero attached hydrogens (tertiary/aromatic N) is 2. The topological polar surface area (TPSA) is 143 Å². The highest BCUT2D eigenvalue weighted by molar-refractivity contribution is 7.92. The van der Waals surface area contributed by atoms with Crippen LogP contribution in [-0.2, 0) is 20.0 Å². The van der Waals surface area contributed by atoms with Gasteiger partial charge in [-0.05, 0) is 43.3 Å². The minimum Gasteiger partial charge on any atom is -0.497 e. The molecule has 0 aliphatic carbocycles. The van der Waals surface area contributed by atoms with E-state index in [1.807, 2.05) is 0 Å². The fourth-order valence-electron chi connectivity index (χ4n) is 4.02. The van der Waals surface area contributed by atoms with Crippen LogP contribution in [0.4, 0.5) is 5.69 Å². The van der Waals surface area contributed by atoms with Crippen LogP contribution in [-0.4, -0.2) is 89.3 Å². The lowest BCUT2D eigenvalue weighted by Crippen LogP contribution is -2.50. The zero-order valence-electron chi connectivity index (χ0n) is 21.4. The normalized spacial score (nSPS) is 19.4. The predicted molar refractivity (Wildman–Crippen MR) is 139 cm³/mol. The number of sulfonamides is 2. The number of amides is 1. The van der Waals surface area contributed by atoms with E-state index in [4.69, 9.17) is 9.47 Å². The number of rotatable bonds is 9. The van der Waals surface area contributed by atoms with Gasteiger partial charge in [-0.25, -0.2) is 16.8 Å². The fourth-order valence-corrected chi connectivity index (χ4v) is 5.76. The molecule has 0 bridgehead atoms. The quantitative estimate of drug-likeness (QED) is 0.475. The summed E-state index contributed by atoms with van der Waals surface area (Å²) in [5.41, 5.74) is 0.163. The van der Waals surface area contributed by atoms with Gasteiger partial charge in [-0.1, -0.05) is 13.0 Å². The first-order chi connectivity index (χ1) is 17.3. The average molecular weight is 556 g/mol. The lowest BCUT2D eigenvalue weighted by Gasteiger charge is -2.38. The molecule has 37 heavy (non-hydrogen) atoms. The molecule has 1 amide bonds. The number of nitrogens with one attached hydrogen (secondary N) is 1. The maximum absolute atomic E-state index is 13.4. The Morgan fingerprint density at radius 2 is 1.84 bits per heavy atom. The highest BCUT2D eigenvalue weighted by Crippen LogP contribution is 2.35. The predicted octanol–water partition coefficient (Wildman–Crippen LogP) is 1.61. The third-order valence-electron chi connectivity index (χ3n) is 6.19. The van der Waals surface area contributed by atoms with Crippen molar-refractivity contribution in [3.05, 3.63) is 48.0 Å². The number of methoxy groups -OCH3 is 1. The number of hydrogen-bond donors (Lipinski definition) is 2. The number of aliphatic hydroxyl groups excluding tert-OH is 1. The number of hydrogen-bond acceptors (Lipinski definition) is 8. The largest absolute Gasteiger partial charge is 0.497 e. The van der Waals surface area contributed by atoms with Crippen molar-refractivity contribution >= 4 is 31.6 Å². The molecule has 3 atom stereocenters. The zero-order valence-corrected chi connectivity index (χ0v) is 23.0. The first-order valence-electron chi connectivity index (χ1n) is 11.6. The van der Waals surface area contributed by atoms with Gasteiger partial charge in [-0.2, -0.15) is 4.31 Å². The SMILES string of the molecule is COc1ccc(S(=O)(=O)N(C)C[C@@H]2Oc3c(NS(C)(=O)=O)cccc3C(=O)N([C@@H](C)CO)C[C@H]2C)cc1. The minimum absolute atomic E-state index is 0.000129. The monoisotopic (exact) mass is 555 g/mol. The molecule has 2 aromatic rings. The van der Waals surface area contributed by atoms with Crippen LogP contribution in [0.15, 0.2) is 47.4 Å². The molecule has 0 aromatic heterocycles. The summed E-state index contributed by atoms with van der Waals surface area (Å²) in [6, 6.07) is 9.95. The number of carbonyl (C=O) groups excluding carboxylic acids is 1. The van der Waals surface area contributed by atoms with Crippen LogP contribution in [0.3, 0.4) is 0 Å². The Kier molecular flexibility index (Phi) is 8.73. The van der Waals surface area contributed by atoms with E-state index in [1.165, 1.54) is 49.4 Å². The van der Waals surface area contributed by atoms with Gasteiger partial charge in [0.05, 0.1) is 48.7 Å². The van der Waals surface area contributed by atoms with Crippen LogP contribution in [0.1, 0.15) is 24.2 Å². The van der Waals surface area contributed by atoms with E-state index in [2.05, 4.69) is 4.72 Å². The Hall–Kier alpha value is -2.87. The second kappa shape index (κ2) is 11.3. The van der Waals surface area contributed by atoms with E-state index in [1.54, 1.807) is 26.0 Å². The first-order valence-corrected chi connectivity index (χ1v) is 14.9. The zero-order chi connectivity index (χ0) is 27.5. The molecule has 1 heterocycles. The van der Waals surface area contributed by atoms with Gasteiger partial charge in [0.1, 0.15) is 11.9 Å². The maximum atomic E-state index is 13.4. The van der Waals surface area contributed by atoms with Crippen molar-refractivity contribution in [3.63, 3.8) is 0 Å². The highest BCUT2D eigenvalue weighted by Gasteiger charge is 2.36. The van der Waals surface area contributed by atoms with Gasteiger partial charge in [0.2, 0.25) is 20.0 Å². The number of fused-ring (bicyclic) bond motifs is 1. The molecule has 0 fully saturated rings. The second-order valence-corrected chi connectivity index (χ2v) is 12.9. The van der Waals surface area contributed by atoms with Crippen LogP contribution in [0.5, 0.6) is 11.5 Å². The van der Waals surface area contributed by atoms with Gasteiger partial charge >= 0.3 is 0 Å². The first kappa shape index (κ1) is 28.7. The molecular weight excluding hydrogens is 522 g/mol. The summed E-state index contributed by atoms with van der Waals surface area (Å²) in [4.78, 5) is 15.0. The molecule has 0 saturated heterocycles. The summed E-state index contributed by atoms with van der Waals surface area (Å²) in [5.74, 6) is -0.298. The van der Waals surface area contributed by atoms with Crippen LogP contribution in [0, 0.1) is 5.92 Å². The van der Waals surface area contributed by atoms with Gasteiger partial charge < -0.3 is 19.5 Å². The number of anilines is 1. The molecule has 0 spiro atoms. The Bertz CT molecular complexity index is 1330. The smallest absolute Gasteiger partial charge is 0.258 e. The van der Waals surface area contributed by atoms with Crippen molar-refractivity contribution in [2.24, 2.45) is 5.92 Å². The summed E-state index contributed by atoms with van der Waals surface area (Å²) in [6.07, 6.45) is 0.216. The second-order valence-electron chi connectivity index (χ2n) is 9.14. The van der Waals surface area contributed by atoms with Gasteiger partial charge in [0, 0.05) is 19.5 Å². The molecule has 2 aromatic carbocycles. The number of para-hydroxylation sites is 1. The molecule has 1 aliphatic heterocycles. The minimum atomic E-state index is -3.90. The Morgan fingerprint density at radius 3 is 2.41 bits per heavy atom. The summed E-state index contributed by atoms with van der Waals surface area (Å²) >= 11 is 0. The Labute approximate surface area is 218 Å². The molecule has 2 N–H and O–H groups in total. The standard InChI is InChI=1S/C24H33N3O8S2/c1-16-13-27(17(2)15-28)24(29)20-7-6-8-21(25-36(5,30)31)23(20)35-22(16)14-26(3)37(32,33)19-11-9-18(34-4)10-12-19/h6-12,16-17,22,25,28H,13-15H2,1-5H3/t16-,17+,22+/m1/s1. The van der Waals surface area contributed by atoms with E-state index in [9.17, 15) is 26.7 Å². The van der Waals surface area contributed by atoms with Crippen LogP contribution < -0.4 is 14.2 Å². The summed E-state index contributed by atoms with van der Waals surface area (Å²) < 4.78 is 65.4. The average Bonchev–Trinajstić information content (AvgIpc) is 2.85. The van der Waals surface area contributed by atoms with Crippen molar-refractivity contribution in [2.75, 3.05) is 44.8 Å². The number of benzene rings is 2. The molecule has 13 heteroatoms. The van der Waals surface area contributed by atoms with Crippen LogP contribution in [0.2, 0.25) is 0 Å². The third kappa shape index (κ3) is 6.53. The van der Waals surface area contributed by atoms with Gasteiger partial charge in [-0.3, -0.25) is 9.52 Å². The molecular formula is C24H33N3O8S2. The molecule has 0 unspecified atom stereocenters. The van der Waals surface area contributed by atoms with E-state index >= 15 is 0 Å². The maximum Gasteiger partial charge on any atom is 0.258 e. The lowest BCUT2D eigenvalue weighted by atomic mass is 9.99. The van der Waals surface area contributed by atoms with Crippen molar-refractivity contribution in [1.82, 2.24) is 9.21 Å². The summed E-state index contributed by atoms with van der Waals surface area (Å²) in [5, 5.41) is 9.78. The van der Waals surface area contributed by atoms with Crippen LogP contribution >= 0.6 is 0 Å². The molecule has 3 rings (SSSR count). The highest BCUT2D eigenvalue weighted by atomic mass is 32.2. The van der Waals surface area contributed by atoms with E-state index < -0.39 is 38.1 Å². The van der Waals surface area contributed by atoms with Crippen molar-refractivity contribution in [1.29, 1.82) is 0 Å². The number of carbonyl (C=O) groups is 1. The van der Waals surface area contributed by atoms with E-state index in [0.29, 0.717) is 5.75 Å². The van der Waals surface area contributed by atoms with Crippen molar-refractivity contribution in [3.8, 4) is 11.5 Å². The number of aliphatic hydroxyl groups is 1. The van der Waals surface area contributed by atoms with Crippen LogP contribution in [0.25, 0.3) is 0 Å².